The molecule has 0 spiro atoms. The number of hydrogen-bond donors (Lipinski definition) is 0. The molecule has 0 bridgehead atoms. The average Bonchev–Trinajstić information content (AvgIpc) is 2.98. The highest BCUT2D eigenvalue weighted by atomic mass is 16.5. The fourth-order valence-corrected chi connectivity index (χ4v) is 2.36. The number of aryl methyl sites for hydroxylation is 1. The minimum absolute atomic E-state index is 0.108. The maximum Gasteiger partial charge on any atom is 0.305 e. The molecule has 1 aromatic rings. The van der Waals surface area contributed by atoms with E-state index in [-0.39, 0.29) is 11.9 Å². The SMILES string of the molecule is COC(=O)CC1CCN(C(=O)CCn2cnnn2)CC1. The molecule has 8 heteroatoms. The summed E-state index contributed by atoms with van der Waals surface area (Å²) in [6, 6.07) is 0. The van der Waals surface area contributed by atoms with Gasteiger partial charge in [-0.25, -0.2) is 4.68 Å². The van der Waals surface area contributed by atoms with Crippen LogP contribution in [0.4, 0.5) is 0 Å². The van der Waals surface area contributed by atoms with Gasteiger partial charge in [-0.15, -0.1) is 5.10 Å². The second-order valence-corrected chi connectivity index (χ2v) is 4.93. The Morgan fingerprint density at radius 1 is 1.35 bits per heavy atom. The summed E-state index contributed by atoms with van der Waals surface area (Å²) >= 11 is 0. The molecule has 1 saturated heterocycles. The van der Waals surface area contributed by atoms with Crippen LogP contribution in [0.2, 0.25) is 0 Å². The van der Waals surface area contributed by atoms with E-state index in [1.165, 1.54) is 13.4 Å². The van der Waals surface area contributed by atoms with Crippen LogP contribution < -0.4 is 0 Å². The number of piperidine rings is 1. The number of aromatic nitrogens is 4. The third kappa shape index (κ3) is 4.01. The topological polar surface area (TPSA) is 90.2 Å². The molecule has 1 aromatic heterocycles. The maximum absolute atomic E-state index is 12.0. The minimum Gasteiger partial charge on any atom is -0.469 e. The van der Waals surface area contributed by atoms with E-state index >= 15 is 0 Å². The molecule has 1 aliphatic heterocycles. The van der Waals surface area contributed by atoms with Crippen molar-refractivity contribution in [1.82, 2.24) is 25.1 Å². The zero-order valence-corrected chi connectivity index (χ0v) is 11.6. The van der Waals surface area contributed by atoms with Crippen LogP contribution in [0.1, 0.15) is 25.7 Å². The molecular formula is C12H19N5O3. The largest absolute Gasteiger partial charge is 0.469 e. The summed E-state index contributed by atoms with van der Waals surface area (Å²) in [5.41, 5.74) is 0. The Balaban J connectivity index is 1.70. The van der Waals surface area contributed by atoms with Gasteiger partial charge in [-0.1, -0.05) is 0 Å². The van der Waals surface area contributed by atoms with Crippen molar-refractivity contribution in [2.45, 2.75) is 32.2 Å². The summed E-state index contributed by atoms with van der Waals surface area (Å²) < 4.78 is 6.21. The van der Waals surface area contributed by atoms with E-state index in [0.29, 0.717) is 38.4 Å². The molecular weight excluding hydrogens is 262 g/mol. The molecule has 1 fully saturated rings. The standard InChI is InChI=1S/C12H19N5O3/c1-20-12(19)8-10-2-5-16(6-3-10)11(18)4-7-17-9-13-14-15-17/h9-10H,2-8H2,1H3. The van der Waals surface area contributed by atoms with E-state index in [1.807, 2.05) is 4.90 Å². The van der Waals surface area contributed by atoms with Gasteiger partial charge in [-0.3, -0.25) is 9.59 Å². The number of carbonyl (C=O) groups is 2. The molecule has 0 aliphatic carbocycles. The first-order valence-corrected chi connectivity index (χ1v) is 6.74. The van der Waals surface area contributed by atoms with E-state index in [1.54, 1.807) is 4.68 Å². The monoisotopic (exact) mass is 281 g/mol. The van der Waals surface area contributed by atoms with E-state index in [0.717, 1.165) is 12.8 Å². The molecule has 0 saturated carbocycles. The summed E-state index contributed by atoms with van der Waals surface area (Å²) in [4.78, 5) is 25.1. The molecule has 0 atom stereocenters. The molecule has 110 valence electrons. The van der Waals surface area contributed by atoms with Crippen molar-refractivity contribution in [2.24, 2.45) is 5.92 Å². The smallest absolute Gasteiger partial charge is 0.305 e. The number of tetrazole rings is 1. The number of nitrogens with zero attached hydrogens (tertiary/aromatic N) is 5. The summed E-state index contributed by atoms with van der Waals surface area (Å²) in [7, 11) is 1.40. The van der Waals surface area contributed by atoms with Gasteiger partial charge in [-0.05, 0) is 29.2 Å². The first-order valence-electron chi connectivity index (χ1n) is 6.74. The normalized spacial score (nSPS) is 16.1. The van der Waals surface area contributed by atoms with Crippen molar-refractivity contribution in [1.29, 1.82) is 0 Å². The van der Waals surface area contributed by atoms with Crippen LogP contribution in [0.15, 0.2) is 6.33 Å². The second-order valence-electron chi connectivity index (χ2n) is 4.93. The molecule has 1 amide bonds. The number of rotatable bonds is 5. The van der Waals surface area contributed by atoms with Crippen LogP contribution in [-0.4, -0.2) is 57.2 Å². The highest BCUT2D eigenvalue weighted by molar-refractivity contribution is 5.76. The van der Waals surface area contributed by atoms with E-state index in [2.05, 4.69) is 20.3 Å². The third-order valence-corrected chi connectivity index (χ3v) is 3.60. The van der Waals surface area contributed by atoms with Crippen molar-refractivity contribution in [3.05, 3.63) is 6.33 Å². The van der Waals surface area contributed by atoms with E-state index in [4.69, 9.17) is 0 Å². The number of ether oxygens (including phenoxy) is 1. The number of amides is 1. The van der Waals surface area contributed by atoms with Gasteiger partial charge in [0.05, 0.1) is 13.7 Å². The molecule has 0 unspecified atom stereocenters. The first-order chi connectivity index (χ1) is 9.69. The molecule has 0 N–H and O–H groups in total. The van der Waals surface area contributed by atoms with Gasteiger partial charge in [0.15, 0.2) is 0 Å². The highest BCUT2D eigenvalue weighted by Gasteiger charge is 2.24. The van der Waals surface area contributed by atoms with Gasteiger partial charge in [0.25, 0.3) is 0 Å². The highest BCUT2D eigenvalue weighted by Crippen LogP contribution is 2.21. The minimum atomic E-state index is -0.173. The Morgan fingerprint density at radius 3 is 2.70 bits per heavy atom. The second kappa shape index (κ2) is 6.97. The van der Waals surface area contributed by atoms with Crippen molar-refractivity contribution >= 4 is 11.9 Å². The fourth-order valence-electron chi connectivity index (χ4n) is 2.36. The molecule has 0 radical (unpaired) electrons. The van der Waals surface area contributed by atoms with Crippen LogP contribution >= 0.6 is 0 Å². The molecule has 8 nitrogen and oxygen atoms in total. The molecule has 2 heterocycles. The lowest BCUT2D eigenvalue weighted by Crippen LogP contribution is -2.39. The van der Waals surface area contributed by atoms with Crippen molar-refractivity contribution in [2.75, 3.05) is 20.2 Å². The number of hydrogen-bond acceptors (Lipinski definition) is 6. The lowest BCUT2D eigenvalue weighted by molar-refractivity contribution is -0.142. The predicted molar refractivity (Wildman–Crippen MR) is 68.4 cm³/mol. The first kappa shape index (κ1) is 14.4. The van der Waals surface area contributed by atoms with Crippen LogP contribution in [0.25, 0.3) is 0 Å². The number of methoxy groups -OCH3 is 1. The van der Waals surface area contributed by atoms with Crippen molar-refractivity contribution in [3.8, 4) is 0 Å². The molecule has 0 aromatic carbocycles. The number of esters is 1. The zero-order chi connectivity index (χ0) is 14.4. The van der Waals surface area contributed by atoms with Gasteiger partial charge >= 0.3 is 5.97 Å². The Morgan fingerprint density at radius 2 is 2.10 bits per heavy atom. The Labute approximate surface area is 117 Å². The maximum atomic E-state index is 12.0. The van der Waals surface area contributed by atoms with Crippen LogP contribution in [0.3, 0.4) is 0 Å². The lowest BCUT2D eigenvalue weighted by Gasteiger charge is -2.31. The number of carbonyl (C=O) groups excluding carboxylic acids is 2. The Kier molecular flexibility index (Phi) is 5.03. The number of likely N-dealkylation sites (tertiary alicyclic amines) is 1. The van der Waals surface area contributed by atoms with Crippen LogP contribution in [0, 0.1) is 5.92 Å². The lowest BCUT2D eigenvalue weighted by atomic mass is 9.93. The van der Waals surface area contributed by atoms with Gasteiger partial charge in [-0.2, -0.15) is 0 Å². The fraction of sp³-hybridized carbons (Fsp3) is 0.750. The Bertz CT molecular complexity index is 440. The third-order valence-electron chi connectivity index (χ3n) is 3.60. The van der Waals surface area contributed by atoms with Gasteiger partial charge in [0, 0.05) is 25.9 Å². The van der Waals surface area contributed by atoms with E-state index in [9.17, 15) is 9.59 Å². The van der Waals surface area contributed by atoms with Gasteiger partial charge in [0.1, 0.15) is 6.33 Å². The molecule has 20 heavy (non-hydrogen) atoms. The summed E-state index contributed by atoms with van der Waals surface area (Å²) in [6.07, 6.45) is 4.04. The van der Waals surface area contributed by atoms with E-state index < -0.39 is 0 Å². The summed E-state index contributed by atoms with van der Waals surface area (Å²) in [5, 5.41) is 10.8. The summed E-state index contributed by atoms with van der Waals surface area (Å²) in [5.74, 6) is 0.261. The summed E-state index contributed by atoms with van der Waals surface area (Å²) in [6.45, 7) is 1.90. The predicted octanol–water partition coefficient (Wildman–Crippen LogP) is -0.135. The van der Waals surface area contributed by atoms with Crippen molar-refractivity contribution < 1.29 is 14.3 Å². The molecule has 2 rings (SSSR count). The zero-order valence-electron chi connectivity index (χ0n) is 11.6. The van der Waals surface area contributed by atoms with Crippen LogP contribution in [0.5, 0.6) is 0 Å². The van der Waals surface area contributed by atoms with Gasteiger partial charge < -0.3 is 9.64 Å². The van der Waals surface area contributed by atoms with Gasteiger partial charge in [0.2, 0.25) is 5.91 Å². The average molecular weight is 281 g/mol. The van der Waals surface area contributed by atoms with Crippen molar-refractivity contribution in [3.63, 3.8) is 0 Å². The van der Waals surface area contributed by atoms with Crippen LogP contribution in [-0.2, 0) is 20.9 Å². The molecule has 1 aliphatic rings. The quantitative estimate of drug-likeness (QED) is 0.698. The Hall–Kier alpha value is -1.99.